The predicted molar refractivity (Wildman–Crippen MR) is 129 cm³/mol. The molecule has 0 saturated carbocycles. The number of hydrogen-bond acceptors (Lipinski definition) is 6. The van der Waals surface area contributed by atoms with E-state index >= 15 is 0 Å². The van der Waals surface area contributed by atoms with Crippen molar-refractivity contribution in [1.82, 2.24) is 0 Å². The Morgan fingerprint density at radius 2 is 1.86 bits per heavy atom. The van der Waals surface area contributed by atoms with Crippen LogP contribution in [0, 0.1) is 0 Å². The van der Waals surface area contributed by atoms with E-state index in [1.807, 2.05) is 13.0 Å². The summed E-state index contributed by atoms with van der Waals surface area (Å²) in [5, 5.41) is 8.96. The number of amides is 1. The van der Waals surface area contributed by atoms with Crippen molar-refractivity contribution in [1.29, 1.82) is 0 Å². The molecule has 0 aromatic heterocycles. The molecule has 0 spiro atoms. The molecular formula is C25H34F3N3O4. The molecule has 0 aliphatic carbocycles. The molecule has 7 nitrogen and oxygen atoms in total. The summed E-state index contributed by atoms with van der Waals surface area (Å²) in [5.41, 5.74) is 15.1. The molecular weight excluding hydrogens is 463 g/mol. The third kappa shape index (κ3) is 8.95. The fourth-order valence-electron chi connectivity index (χ4n) is 3.86. The molecule has 1 amide bonds. The second kappa shape index (κ2) is 13.2. The minimum absolute atomic E-state index is 0.0562. The number of ether oxygens (including phenoxy) is 2. The number of alkyl halides is 3. The van der Waals surface area contributed by atoms with Crippen LogP contribution in [0.2, 0.25) is 0 Å². The highest BCUT2D eigenvalue weighted by atomic mass is 19.4. The maximum absolute atomic E-state index is 11.9. The number of rotatable bonds is 10. The van der Waals surface area contributed by atoms with Crippen LogP contribution in [0.3, 0.4) is 0 Å². The van der Waals surface area contributed by atoms with Crippen molar-refractivity contribution in [3.05, 3.63) is 53.1 Å². The van der Waals surface area contributed by atoms with Crippen LogP contribution in [0.15, 0.2) is 36.4 Å². The summed E-state index contributed by atoms with van der Waals surface area (Å²) in [6.07, 6.45) is -1.99. The Labute approximate surface area is 203 Å². The van der Waals surface area contributed by atoms with Gasteiger partial charge in [0.15, 0.2) is 18.1 Å². The van der Waals surface area contributed by atoms with Crippen molar-refractivity contribution >= 4 is 11.6 Å². The summed E-state index contributed by atoms with van der Waals surface area (Å²) >= 11 is 0. The molecule has 194 valence electrons. The monoisotopic (exact) mass is 497 g/mol. The quantitative estimate of drug-likeness (QED) is 0.464. The van der Waals surface area contributed by atoms with E-state index in [2.05, 4.69) is 15.7 Å². The summed E-state index contributed by atoms with van der Waals surface area (Å²) in [7, 11) is 0. The van der Waals surface area contributed by atoms with Gasteiger partial charge in [0.1, 0.15) is 0 Å². The van der Waals surface area contributed by atoms with Gasteiger partial charge in [-0.25, -0.2) is 0 Å². The molecule has 1 aliphatic heterocycles. The smallest absolute Gasteiger partial charge is 0.422 e. The number of para-hydroxylation sites is 2. The zero-order valence-electron chi connectivity index (χ0n) is 20.1. The fourth-order valence-corrected chi connectivity index (χ4v) is 3.86. The van der Waals surface area contributed by atoms with Gasteiger partial charge in [-0.3, -0.25) is 4.79 Å². The summed E-state index contributed by atoms with van der Waals surface area (Å²) in [5.74, 6) is 0.0320. The van der Waals surface area contributed by atoms with Crippen molar-refractivity contribution < 1.29 is 32.5 Å². The average Bonchev–Trinajstić information content (AvgIpc) is 3.19. The Balaban J connectivity index is 0.000000258. The number of fused-ring (bicyclic) bond motifs is 1. The third-order valence-corrected chi connectivity index (χ3v) is 5.17. The lowest BCUT2D eigenvalue weighted by atomic mass is 9.98. The second-order valence-corrected chi connectivity index (χ2v) is 8.29. The fraction of sp³-hybridized carbons (Fsp3) is 0.480. The Kier molecular flexibility index (Phi) is 10.7. The lowest BCUT2D eigenvalue weighted by Gasteiger charge is -2.21. The first kappa shape index (κ1) is 28.3. The zero-order valence-corrected chi connectivity index (χ0v) is 20.1. The molecule has 0 fully saturated rings. The number of primary amides is 1. The van der Waals surface area contributed by atoms with E-state index in [0.29, 0.717) is 24.3 Å². The first-order chi connectivity index (χ1) is 16.6. The molecule has 0 saturated heterocycles. The third-order valence-electron chi connectivity index (χ3n) is 5.17. The molecule has 3 rings (SSSR count). The van der Waals surface area contributed by atoms with Crippen LogP contribution in [-0.4, -0.2) is 56.1 Å². The van der Waals surface area contributed by atoms with E-state index in [9.17, 15) is 18.0 Å². The topological polar surface area (TPSA) is 111 Å². The highest BCUT2D eigenvalue weighted by Crippen LogP contribution is 2.33. The Morgan fingerprint density at radius 1 is 1.20 bits per heavy atom. The number of carbonyl (C=O) groups is 1. The maximum Gasteiger partial charge on any atom is 0.422 e. The molecule has 1 heterocycles. The number of carbonyl (C=O) groups excluding carboxylic acids is 1. The number of anilines is 1. The molecule has 35 heavy (non-hydrogen) atoms. The number of aliphatic hydroxyl groups is 1. The van der Waals surface area contributed by atoms with E-state index in [4.69, 9.17) is 21.3 Å². The van der Waals surface area contributed by atoms with E-state index in [-0.39, 0.29) is 18.4 Å². The highest BCUT2D eigenvalue weighted by Gasteiger charge is 2.29. The summed E-state index contributed by atoms with van der Waals surface area (Å²) in [4.78, 5) is 13.9. The number of benzene rings is 2. The van der Waals surface area contributed by atoms with Gasteiger partial charge in [0, 0.05) is 25.7 Å². The van der Waals surface area contributed by atoms with Crippen LogP contribution in [0.1, 0.15) is 41.8 Å². The van der Waals surface area contributed by atoms with Crippen LogP contribution in [-0.2, 0) is 12.8 Å². The van der Waals surface area contributed by atoms with Crippen molar-refractivity contribution in [3.63, 3.8) is 0 Å². The number of halogens is 3. The number of aliphatic hydroxyl groups excluding tert-OH is 1. The van der Waals surface area contributed by atoms with Crippen molar-refractivity contribution in [2.24, 2.45) is 11.5 Å². The Morgan fingerprint density at radius 3 is 2.40 bits per heavy atom. The standard InChI is InChI=1S/C15H23N3O2.C10H11F3O2/c1-10(16)7-11-8-12-3-5-18(4-2-6-19)14(12)13(9-11)15(17)20;1-2-14-8-5-3-4-6-9(8)15-7-10(11,12)13/h8-10,19H,2-7,16H2,1H3,(H2,17,20);3-6H,2,7H2,1H3/t10-;/m1./s1. The van der Waals surface area contributed by atoms with Gasteiger partial charge in [0.2, 0.25) is 0 Å². The van der Waals surface area contributed by atoms with Gasteiger partial charge in [0.25, 0.3) is 5.91 Å². The SMILES string of the molecule is CCOc1ccccc1OCC(F)(F)F.C[C@@H](N)Cc1cc2c(c(C(N)=O)c1)N(CCCO)CC2. The van der Waals surface area contributed by atoms with Crippen LogP contribution in [0.25, 0.3) is 0 Å². The lowest BCUT2D eigenvalue weighted by molar-refractivity contribution is -0.153. The summed E-state index contributed by atoms with van der Waals surface area (Å²) < 4.78 is 45.4. The first-order valence-electron chi connectivity index (χ1n) is 11.5. The van der Waals surface area contributed by atoms with Gasteiger partial charge in [-0.2, -0.15) is 13.2 Å². The van der Waals surface area contributed by atoms with Crippen LogP contribution in [0.4, 0.5) is 18.9 Å². The van der Waals surface area contributed by atoms with Gasteiger partial charge in [0.05, 0.1) is 17.9 Å². The van der Waals surface area contributed by atoms with Gasteiger partial charge >= 0.3 is 6.18 Å². The van der Waals surface area contributed by atoms with E-state index in [1.165, 1.54) is 6.07 Å². The minimum Gasteiger partial charge on any atom is -0.490 e. The summed E-state index contributed by atoms with van der Waals surface area (Å²) in [6.45, 7) is 4.54. The van der Waals surface area contributed by atoms with Crippen molar-refractivity contribution in [3.8, 4) is 11.5 Å². The number of nitrogens with zero attached hydrogens (tertiary/aromatic N) is 1. The molecule has 2 aromatic carbocycles. The van der Waals surface area contributed by atoms with Crippen molar-refractivity contribution in [2.75, 3.05) is 37.8 Å². The molecule has 0 unspecified atom stereocenters. The van der Waals surface area contributed by atoms with Crippen LogP contribution < -0.4 is 25.8 Å². The largest absolute Gasteiger partial charge is 0.490 e. The van der Waals surface area contributed by atoms with Crippen LogP contribution >= 0.6 is 0 Å². The second-order valence-electron chi connectivity index (χ2n) is 8.29. The first-order valence-corrected chi connectivity index (χ1v) is 11.5. The molecule has 0 bridgehead atoms. The normalized spacial score (nSPS) is 13.5. The van der Waals surface area contributed by atoms with E-state index in [0.717, 1.165) is 42.7 Å². The lowest BCUT2D eigenvalue weighted by Crippen LogP contribution is -2.26. The number of nitrogens with two attached hydrogens (primary N) is 2. The molecule has 0 radical (unpaired) electrons. The molecule has 10 heteroatoms. The molecule has 5 N–H and O–H groups in total. The predicted octanol–water partition coefficient (Wildman–Crippen LogP) is 3.45. The van der Waals surface area contributed by atoms with Gasteiger partial charge < -0.3 is 30.9 Å². The average molecular weight is 498 g/mol. The van der Waals surface area contributed by atoms with Gasteiger partial charge in [-0.05, 0) is 62.4 Å². The molecule has 1 atom stereocenters. The minimum atomic E-state index is -4.33. The Bertz CT molecular complexity index is 967. The zero-order chi connectivity index (χ0) is 26.0. The maximum atomic E-state index is 11.9. The summed E-state index contributed by atoms with van der Waals surface area (Å²) in [6, 6.07) is 10.3. The van der Waals surface area contributed by atoms with E-state index in [1.54, 1.807) is 25.1 Å². The van der Waals surface area contributed by atoms with Crippen LogP contribution in [0.5, 0.6) is 11.5 Å². The van der Waals surface area contributed by atoms with Gasteiger partial charge in [-0.15, -0.1) is 0 Å². The molecule has 2 aromatic rings. The van der Waals surface area contributed by atoms with Crippen molar-refractivity contribution in [2.45, 2.75) is 45.3 Å². The van der Waals surface area contributed by atoms with Gasteiger partial charge in [-0.1, -0.05) is 18.2 Å². The number of hydrogen-bond donors (Lipinski definition) is 3. The van der Waals surface area contributed by atoms with E-state index < -0.39 is 18.7 Å². The molecule has 1 aliphatic rings. The highest BCUT2D eigenvalue weighted by molar-refractivity contribution is 6.00. The Hall–Kier alpha value is -2.98.